The number of aliphatic carboxylic acids is 1. The SMILES string of the molecule is Cc1cccc(CCCC(=O)O)c1. The molecule has 0 fully saturated rings. The van der Waals surface area contributed by atoms with E-state index >= 15 is 0 Å². The predicted molar refractivity (Wildman–Crippen MR) is 51.8 cm³/mol. The second-order valence-corrected chi connectivity index (χ2v) is 3.24. The largest absolute Gasteiger partial charge is 0.481 e. The molecule has 0 unspecified atom stereocenters. The predicted octanol–water partition coefficient (Wildman–Crippen LogP) is 2.40. The summed E-state index contributed by atoms with van der Waals surface area (Å²) >= 11 is 0. The Bertz CT molecular complexity index is 292. The number of benzene rings is 1. The van der Waals surface area contributed by atoms with Crippen molar-refractivity contribution in [3.8, 4) is 0 Å². The van der Waals surface area contributed by atoms with Gasteiger partial charge in [-0.05, 0) is 25.3 Å². The highest BCUT2D eigenvalue weighted by Crippen LogP contribution is 2.07. The number of hydrogen-bond donors (Lipinski definition) is 1. The Balaban J connectivity index is 2.41. The zero-order chi connectivity index (χ0) is 9.68. The van der Waals surface area contributed by atoms with Crippen LogP contribution in [0.2, 0.25) is 0 Å². The van der Waals surface area contributed by atoms with E-state index in [9.17, 15) is 4.79 Å². The summed E-state index contributed by atoms with van der Waals surface area (Å²) in [5, 5.41) is 8.45. The number of carboxylic acid groups (broad SMARTS) is 1. The fourth-order valence-corrected chi connectivity index (χ4v) is 1.31. The summed E-state index contributed by atoms with van der Waals surface area (Å²) in [6.07, 6.45) is 1.83. The molecule has 0 aliphatic heterocycles. The maximum Gasteiger partial charge on any atom is 0.303 e. The molecule has 0 saturated heterocycles. The van der Waals surface area contributed by atoms with Crippen molar-refractivity contribution in [1.29, 1.82) is 0 Å². The quantitative estimate of drug-likeness (QED) is 0.768. The molecular weight excluding hydrogens is 164 g/mol. The molecule has 0 radical (unpaired) electrons. The van der Waals surface area contributed by atoms with Crippen LogP contribution in [0.1, 0.15) is 24.0 Å². The van der Waals surface area contributed by atoms with Crippen LogP contribution in [0.25, 0.3) is 0 Å². The lowest BCUT2D eigenvalue weighted by atomic mass is 10.1. The minimum Gasteiger partial charge on any atom is -0.481 e. The van der Waals surface area contributed by atoms with Gasteiger partial charge in [0.25, 0.3) is 0 Å². The van der Waals surface area contributed by atoms with Crippen LogP contribution in [0.15, 0.2) is 24.3 Å². The van der Waals surface area contributed by atoms with Gasteiger partial charge in [0.15, 0.2) is 0 Å². The summed E-state index contributed by atoms with van der Waals surface area (Å²) in [4.78, 5) is 10.3. The van der Waals surface area contributed by atoms with E-state index in [1.807, 2.05) is 25.1 Å². The topological polar surface area (TPSA) is 37.3 Å². The van der Waals surface area contributed by atoms with Crippen LogP contribution < -0.4 is 0 Å². The molecule has 1 rings (SSSR count). The second kappa shape index (κ2) is 4.65. The van der Waals surface area contributed by atoms with E-state index in [4.69, 9.17) is 5.11 Å². The maximum absolute atomic E-state index is 10.3. The molecule has 1 N–H and O–H groups in total. The van der Waals surface area contributed by atoms with Crippen LogP contribution in [0.4, 0.5) is 0 Å². The van der Waals surface area contributed by atoms with Gasteiger partial charge in [-0.3, -0.25) is 4.79 Å². The first-order valence-corrected chi connectivity index (χ1v) is 4.46. The van der Waals surface area contributed by atoms with Gasteiger partial charge in [-0.2, -0.15) is 0 Å². The van der Waals surface area contributed by atoms with Gasteiger partial charge in [0.1, 0.15) is 0 Å². The lowest BCUT2D eigenvalue weighted by molar-refractivity contribution is -0.137. The van der Waals surface area contributed by atoms with Crippen LogP contribution in [-0.4, -0.2) is 11.1 Å². The van der Waals surface area contributed by atoms with Crippen LogP contribution in [-0.2, 0) is 11.2 Å². The average Bonchev–Trinajstić information content (AvgIpc) is 2.03. The summed E-state index contributed by atoms with van der Waals surface area (Å²) in [5.74, 6) is -0.715. The third-order valence-electron chi connectivity index (χ3n) is 1.94. The van der Waals surface area contributed by atoms with Gasteiger partial charge < -0.3 is 5.11 Å². The number of carbonyl (C=O) groups is 1. The summed E-state index contributed by atoms with van der Waals surface area (Å²) < 4.78 is 0. The fourth-order valence-electron chi connectivity index (χ4n) is 1.31. The van der Waals surface area contributed by atoms with Crippen molar-refractivity contribution in [3.63, 3.8) is 0 Å². The molecule has 0 atom stereocenters. The summed E-state index contributed by atoms with van der Waals surface area (Å²) in [6.45, 7) is 2.04. The Labute approximate surface area is 78.2 Å². The van der Waals surface area contributed by atoms with E-state index in [1.54, 1.807) is 0 Å². The normalized spacial score (nSPS) is 9.92. The molecule has 0 aliphatic carbocycles. The van der Waals surface area contributed by atoms with E-state index in [0.717, 1.165) is 12.8 Å². The van der Waals surface area contributed by atoms with Crippen LogP contribution in [0.3, 0.4) is 0 Å². The summed E-state index contributed by atoms with van der Waals surface area (Å²) in [6, 6.07) is 8.18. The number of carboxylic acids is 1. The molecule has 0 saturated carbocycles. The van der Waals surface area contributed by atoms with Crippen molar-refractivity contribution in [1.82, 2.24) is 0 Å². The first-order chi connectivity index (χ1) is 6.18. The highest BCUT2D eigenvalue weighted by Gasteiger charge is 1.97. The highest BCUT2D eigenvalue weighted by molar-refractivity contribution is 5.66. The van der Waals surface area contributed by atoms with E-state index in [0.29, 0.717) is 0 Å². The molecule has 0 bridgehead atoms. The van der Waals surface area contributed by atoms with Gasteiger partial charge >= 0.3 is 5.97 Å². The lowest BCUT2D eigenvalue weighted by Gasteiger charge is -2.00. The van der Waals surface area contributed by atoms with Crippen molar-refractivity contribution >= 4 is 5.97 Å². The van der Waals surface area contributed by atoms with Crippen molar-refractivity contribution in [3.05, 3.63) is 35.4 Å². The molecule has 70 valence electrons. The van der Waals surface area contributed by atoms with E-state index < -0.39 is 5.97 Å². The van der Waals surface area contributed by atoms with Crippen molar-refractivity contribution in [2.24, 2.45) is 0 Å². The van der Waals surface area contributed by atoms with Gasteiger partial charge in [0.05, 0.1) is 0 Å². The molecule has 0 amide bonds. The molecule has 1 aromatic carbocycles. The van der Waals surface area contributed by atoms with Crippen molar-refractivity contribution in [2.75, 3.05) is 0 Å². The molecule has 0 aliphatic rings. The number of rotatable bonds is 4. The molecule has 0 aromatic heterocycles. The summed E-state index contributed by atoms with van der Waals surface area (Å²) in [5.41, 5.74) is 2.45. The third-order valence-corrected chi connectivity index (χ3v) is 1.94. The third kappa shape index (κ3) is 3.74. The van der Waals surface area contributed by atoms with Crippen LogP contribution in [0.5, 0.6) is 0 Å². The average molecular weight is 178 g/mol. The van der Waals surface area contributed by atoms with E-state index in [-0.39, 0.29) is 6.42 Å². The van der Waals surface area contributed by atoms with Crippen molar-refractivity contribution in [2.45, 2.75) is 26.2 Å². The minimum absolute atomic E-state index is 0.258. The van der Waals surface area contributed by atoms with Gasteiger partial charge in [-0.1, -0.05) is 29.8 Å². The fraction of sp³-hybridized carbons (Fsp3) is 0.364. The first kappa shape index (κ1) is 9.78. The van der Waals surface area contributed by atoms with Crippen LogP contribution in [0, 0.1) is 6.92 Å². The smallest absolute Gasteiger partial charge is 0.303 e. The molecule has 1 aromatic rings. The second-order valence-electron chi connectivity index (χ2n) is 3.24. The summed E-state index contributed by atoms with van der Waals surface area (Å²) in [7, 11) is 0. The number of aryl methyl sites for hydroxylation is 2. The number of hydrogen-bond acceptors (Lipinski definition) is 1. The molecule has 2 nitrogen and oxygen atoms in total. The Hall–Kier alpha value is -1.31. The Kier molecular flexibility index (Phi) is 3.50. The lowest BCUT2D eigenvalue weighted by Crippen LogP contribution is -1.95. The highest BCUT2D eigenvalue weighted by atomic mass is 16.4. The standard InChI is InChI=1S/C11H14O2/c1-9-4-2-5-10(8-9)6-3-7-11(12)13/h2,4-5,8H,3,6-7H2,1H3,(H,12,13). The van der Waals surface area contributed by atoms with Crippen molar-refractivity contribution < 1.29 is 9.90 Å². The van der Waals surface area contributed by atoms with Gasteiger partial charge in [0.2, 0.25) is 0 Å². The molecule has 0 heterocycles. The molecular formula is C11H14O2. The Morgan fingerprint density at radius 3 is 2.85 bits per heavy atom. The van der Waals surface area contributed by atoms with E-state index in [1.165, 1.54) is 11.1 Å². The van der Waals surface area contributed by atoms with E-state index in [2.05, 4.69) is 6.07 Å². The van der Waals surface area contributed by atoms with Gasteiger partial charge in [-0.25, -0.2) is 0 Å². The molecule has 2 heteroatoms. The van der Waals surface area contributed by atoms with Gasteiger partial charge in [-0.15, -0.1) is 0 Å². The Morgan fingerprint density at radius 2 is 2.23 bits per heavy atom. The first-order valence-electron chi connectivity index (χ1n) is 4.46. The molecule has 13 heavy (non-hydrogen) atoms. The maximum atomic E-state index is 10.3. The van der Waals surface area contributed by atoms with Crippen LogP contribution >= 0.6 is 0 Å². The minimum atomic E-state index is -0.715. The molecule has 0 spiro atoms. The zero-order valence-electron chi connectivity index (χ0n) is 7.79. The zero-order valence-corrected chi connectivity index (χ0v) is 7.79. The Morgan fingerprint density at radius 1 is 1.46 bits per heavy atom. The van der Waals surface area contributed by atoms with Gasteiger partial charge in [0, 0.05) is 6.42 Å². The monoisotopic (exact) mass is 178 g/mol.